The Morgan fingerprint density at radius 3 is 2.40 bits per heavy atom. The average Bonchev–Trinajstić information content (AvgIpc) is 2.06. The van der Waals surface area contributed by atoms with E-state index >= 15 is 0 Å². The standard InChI is InChI=1S/C7H8N2O5S/c1-15(13,14)4-2-5(8)7(10)6(3-4)9(11)12/h2-3,10H,8H2,1H3. The van der Waals surface area contributed by atoms with Gasteiger partial charge in [0.05, 0.1) is 15.5 Å². The molecule has 0 amide bonds. The minimum Gasteiger partial charge on any atom is -0.501 e. The van der Waals surface area contributed by atoms with Crippen LogP contribution in [0, 0.1) is 10.1 Å². The van der Waals surface area contributed by atoms with Gasteiger partial charge >= 0.3 is 5.69 Å². The van der Waals surface area contributed by atoms with E-state index in [-0.39, 0.29) is 10.6 Å². The van der Waals surface area contributed by atoms with Crippen LogP contribution < -0.4 is 5.73 Å². The van der Waals surface area contributed by atoms with Crippen LogP contribution in [0.5, 0.6) is 5.75 Å². The first-order chi connectivity index (χ1) is 6.73. The lowest BCUT2D eigenvalue weighted by Crippen LogP contribution is -2.01. The molecule has 0 heterocycles. The minimum absolute atomic E-state index is 0.301. The van der Waals surface area contributed by atoms with Crippen LogP contribution in [0.1, 0.15) is 0 Å². The summed E-state index contributed by atoms with van der Waals surface area (Å²) < 4.78 is 22.2. The van der Waals surface area contributed by atoms with Gasteiger partial charge in [-0.05, 0) is 6.07 Å². The number of benzene rings is 1. The highest BCUT2D eigenvalue weighted by molar-refractivity contribution is 7.90. The van der Waals surface area contributed by atoms with Gasteiger partial charge in [0.25, 0.3) is 0 Å². The summed E-state index contributed by atoms with van der Waals surface area (Å²) in [5.74, 6) is -0.729. The van der Waals surface area contributed by atoms with E-state index in [9.17, 15) is 23.6 Å². The molecule has 0 aliphatic rings. The highest BCUT2D eigenvalue weighted by Crippen LogP contribution is 2.34. The number of phenolic OH excluding ortho intramolecular Hbond substituents is 1. The number of nitrogen functional groups attached to an aromatic ring is 1. The lowest BCUT2D eigenvalue weighted by molar-refractivity contribution is -0.386. The highest BCUT2D eigenvalue weighted by atomic mass is 32.2. The summed E-state index contributed by atoms with van der Waals surface area (Å²) in [5, 5.41) is 19.6. The van der Waals surface area contributed by atoms with Crippen molar-refractivity contribution in [2.45, 2.75) is 4.90 Å². The number of nitro benzene ring substituents is 1. The quantitative estimate of drug-likeness (QED) is 0.327. The molecule has 0 saturated heterocycles. The topological polar surface area (TPSA) is 124 Å². The first kappa shape index (κ1) is 11.2. The zero-order valence-corrected chi connectivity index (χ0v) is 8.48. The molecule has 1 aromatic carbocycles. The van der Waals surface area contributed by atoms with Crippen LogP contribution in [0.3, 0.4) is 0 Å². The van der Waals surface area contributed by atoms with Crippen molar-refractivity contribution in [1.82, 2.24) is 0 Å². The number of nitrogens with two attached hydrogens (primary N) is 1. The van der Waals surface area contributed by atoms with Crippen LogP contribution in [0.15, 0.2) is 17.0 Å². The van der Waals surface area contributed by atoms with Gasteiger partial charge in [-0.2, -0.15) is 0 Å². The first-order valence-corrected chi connectivity index (χ1v) is 5.59. The molecule has 0 aliphatic heterocycles. The molecule has 0 unspecified atom stereocenters. The van der Waals surface area contributed by atoms with E-state index < -0.39 is 26.2 Å². The Balaban J connectivity index is 3.57. The number of nitrogens with zero attached hydrogens (tertiary/aromatic N) is 1. The number of hydrogen-bond acceptors (Lipinski definition) is 6. The Labute approximate surface area is 85.2 Å². The fourth-order valence-electron chi connectivity index (χ4n) is 0.968. The second kappa shape index (κ2) is 3.39. The molecule has 0 bridgehead atoms. The SMILES string of the molecule is CS(=O)(=O)c1cc(N)c(O)c([N+](=O)[O-])c1. The summed E-state index contributed by atoms with van der Waals surface area (Å²) in [5.41, 5.74) is 4.17. The Morgan fingerprint density at radius 2 is 2.00 bits per heavy atom. The fourth-order valence-corrected chi connectivity index (χ4v) is 1.63. The van der Waals surface area contributed by atoms with Crippen LogP contribution in [0.4, 0.5) is 11.4 Å². The number of phenols is 1. The lowest BCUT2D eigenvalue weighted by Gasteiger charge is -2.03. The normalized spacial score (nSPS) is 11.3. The summed E-state index contributed by atoms with van der Waals surface area (Å²) in [6, 6.07) is 1.73. The van der Waals surface area contributed by atoms with Crippen molar-refractivity contribution in [3.63, 3.8) is 0 Å². The largest absolute Gasteiger partial charge is 0.501 e. The molecule has 0 aromatic heterocycles. The van der Waals surface area contributed by atoms with Crippen molar-refractivity contribution in [2.24, 2.45) is 0 Å². The molecule has 0 radical (unpaired) electrons. The Morgan fingerprint density at radius 1 is 1.47 bits per heavy atom. The van der Waals surface area contributed by atoms with Crippen molar-refractivity contribution >= 4 is 21.2 Å². The summed E-state index contributed by atoms with van der Waals surface area (Å²) >= 11 is 0. The monoisotopic (exact) mass is 232 g/mol. The van der Waals surface area contributed by atoms with Crippen LogP contribution in [0.25, 0.3) is 0 Å². The van der Waals surface area contributed by atoms with E-state index in [2.05, 4.69) is 0 Å². The molecule has 0 spiro atoms. The van der Waals surface area contributed by atoms with E-state index in [4.69, 9.17) is 5.73 Å². The third-order valence-corrected chi connectivity index (χ3v) is 2.81. The smallest absolute Gasteiger partial charge is 0.314 e. The van der Waals surface area contributed by atoms with Crippen molar-refractivity contribution in [3.8, 4) is 5.75 Å². The van der Waals surface area contributed by atoms with Gasteiger partial charge in [-0.15, -0.1) is 0 Å². The zero-order valence-electron chi connectivity index (χ0n) is 7.67. The maximum Gasteiger partial charge on any atom is 0.314 e. The van der Waals surface area contributed by atoms with E-state index in [1.807, 2.05) is 0 Å². The number of nitro groups is 1. The van der Waals surface area contributed by atoms with Crippen molar-refractivity contribution in [2.75, 3.05) is 12.0 Å². The summed E-state index contributed by atoms with van der Waals surface area (Å²) in [6.07, 6.45) is 0.891. The van der Waals surface area contributed by atoms with Crippen molar-refractivity contribution < 1.29 is 18.4 Å². The van der Waals surface area contributed by atoms with Gasteiger partial charge in [-0.1, -0.05) is 0 Å². The first-order valence-electron chi connectivity index (χ1n) is 3.70. The molecule has 1 rings (SSSR count). The molecule has 0 atom stereocenters. The third-order valence-electron chi connectivity index (χ3n) is 1.72. The average molecular weight is 232 g/mol. The van der Waals surface area contributed by atoms with Crippen LogP contribution in [0.2, 0.25) is 0 Å². The Hall–Kier alpha value is -1.83. The molecule has 0 fully saturated rings. The van der Waals surface area contributed by atoms with E-state index in [0.29, 0.717) is 0 Å². The molecule has 3 N–H and O–H groups in total. The van der Waals surface area contributed by atoms with Crippen LogP contribution >= 0.6 is 0 Å². The molecule has 82 valence electrons. The third kappa shape index (κ3) is 2.15. The van der Waals surface area contributed by atoms with Gasteiger partial charge in [0.2, 0.25) is 5.75 Å². The summed E-state index contributed by atoms with van der Waals surface area (Å²) in [6.45, 7) is 0. The fraction of sp³-hybridized carbons (Fsp3) is 0.143. The van der Waals surface area contributed by atoms with Gasteiger partial charge in [-0.25, -0.2) is 8.42 Å². The maximum atomic E-state index is 11.1. The Bertz CT molecular complexity index is 522. The summed E-state index contributed by atoms with van der Waals surface area (Å²) in [4.78, 5) is 9.24. The zero-order chi connectivity index (χ0) is 11.8. The molecule has 1 aromatic rings. The molecular formula is C7H8N2O5S. The van der Waals surface area contributed by atoms with Gasteiger partial charge in [0.1, 0.15) is 0 Å². The van der Waals surface area contributed by atoms with E-state index in [1.165, 1.54) is 0 Å². The second-order valence-electron chi connectivity index (χ2n) is 2.91. The van der Waals surface area contributed by atoms with Gasteiger partial charge in [0.15, 0.2) is 9.84 Å². The van der Waals surface area contributed by atoms with E-state index in [1.54, 1.807) is 0 Å². The molecule has 7 nitrogen and oxygen atoms in total. The van der Waals surface area contributed by atoms with Crippen LogP contribution in [-0.4, -0.2) is 24.7 Å². The number of anilines is 1. The highest BCUT2D eigenvalue weighted by Gasteiger charge is 2.21. The number of aromatic hydroxyl groups is 1. The minimum atomic E-state index is -3.59. The molecule has 8 heteroatoms. The molecular weight excluding hydrogens is 224 g/mol. The van der Waals surface area contributed by atoms with Crippen molar-refractivity contribution in [3.05, 3.63) is 22.2 Å². The maximum absolute atomic E-state index is 11.1. The lowest BCUT2D eigenvalue weighted by atomic mass is 10.2. The van der Waals surface area contributed by atoms with Gasteiger partial charge in [-0.3, -0.25) is 10.1 Å². The van der Waals surface area contributed by atoms with Crippen LogP contribution in [-0.2, 0) is 9.84 Å². The number of rotatable bonds is 2. The second-order valence-corrected chi connectivity index (χ2v) is 4.93. The molecule has 0 saturated carbocycles. The van der Waals surface area contributed by atoms with E-state index in [0.717, 1.165) is 18.4 Å². The molecule has 15 heavy (non-hydrogen) atoms. The van der Waals surface area contributed by atoms with Gasteiger partial charge in [0, 0.05) is 12.3 Å². The number of sulfone groups is 1. The van der Waals surface area contributed by atoms with Crippen molar-refractivity contribution in [1.29, 1.82) is 0 Å². The predicted octanol–water partition coefficient (Wildman–Crippen LogP) is 0.286. The Kier molecular flexibility index (Phi) is 2.54. The summed E-state index contributed by atoms with van der Waals surface area (Å²) in [7, 11) is -3.59. The molecule has 0 aliphatic carbocycles. The van der Waals surface area contributed by atoms with Gasteiger partial charge < -0.3 is 10.8 Å². The number of hydrogen-bond donors (Lipinski definition) is 2. The predicted molar refractivity (Wildman–Crippen MR) is 52.3 cm³/mol.